The van der Waals surface area contributed by atoms with E-state index < -0.39 is 11.8 Å². The molecule has 2 aromatic carbocycles. The first kappa shape index (κ1) is 16.4. The molecule has 0 fully saturated rings. The summed E-state index contributed by atoms with van der Waals surface area (Å²) < 4.78 is 10.4. The summed E-state index contributed by atoms with van der Waals surface area (Å²) >= 11 is 0. The second-order valence-corrected chi connectivity index (χ2v) is 4.60. The average Bonchev–Trinajstić information content (AvgIpc) is 2.57. The highest BCUT2D eigenvalue weighted by Crippen LogP contribution is 2.17. The van der Waals surface area contributed by atoms with Gasteiger partial charge in [-0.25, -0.2) is 0 Å². The van der Waals surface area contributed by atoms with E-state index in [2.05, 4.69) is 10.6 Å². The average molecular weight is 314 g/mol. The van der Waals surface area contributed by atoms with Crippen molar-refractivity contribution < 1.29 is 19.1 Å². The molecule has 0 aliphatic carbocycles. The van der Waals surface area contributed by atoms with E-state index >= 15 is 0 Å². The Hall–Kier alpha value is -3.02. The lowest BCUT2D eigenvalue weighted by Crippen LogP contribution is -2.29. The summed E-state index contributed by atoms with van der Waals surface area (Å²) in [6, 6.07) is 13.5. The van der Waals surface area contributed by atoms with Gasteiger partial charge in [-0.2, -0.15) is 0 Å². The van der Waals surface area contributed by atoms with Crippen molar-refractivity contribution in [3.05, 3.63) is 48.5 Å². The van der Waals surface area contributed by atoms with Gasteiger partial charge in [0.1, 0.15) is 11.5 Å². The highest BCUT2D eigenvalue weighted by atomic mass is 16.5. The van der Waals surface area contributed by atoms with Crippen LogP contribution in [-0.2, 0) is 9.59 Å². The molecule has 0 atom stereocenters. The van der Waals surface area contributed by atoms with Crippen LogP contribution in [0.2, 0.25) is 0 Å². The number of amides is 2. The summed E-state index contributed by atoms with van der Waals surface area (Å²) in [4.78, 5) is 23.8. The van der Waals surface area contributed by atoms with Gasteiger partial charge < -0.3 is 20.1 Å². The van der Waals surface area contributed by atoms with Crippen molar-refractivity contribution in [3.63, 3.8) is 0 Å². The van der Waals surface area contributed by atoms with Crippen molar-refractivity contribution in [3.8, 4) is 11.5 Å². The third kappa shape index (κ3) is 4.74. The number of anilines is 2. The van der Waals surface area contributed by atoms with E-state index in [4.69, 9.17) is 9.47 Å². The fraction of sp³-hybridized carbons (Fsp3) is 0.176. The third-order valence-corrected chi connectivity index (χ3v) is 2.96. The van der Waals surface area contributed by atoms with Crippen LogP contribution in [0.25, 0.3) is 0 Å². The quantitative estimate of drug-likeness (QED) is 0.832. The number of hydrogen-bond donors (Lipinski definition) is 2. The van der Waals surface area contributed by atoms with Gasteiger partial charge in [0.25, 0.3) is 0 Å². The molecule has 0 bridgehead atoms. The van der Waals surface area contributed by atoms with Crippen molar-refractivity contribution >= 4 is 23.2 Å². The van der Waals surface area contributed by atoms with E-state index in [9.17, 15) is 9.59 Å². The summed E-state index contributed by atoms with van der Waals surface area (Å²) in [6.45, 7) is 2.45. The van der Waals surface area contributed by atoms with Crippen LogP contribution in [0.5, 0.6) is 11.5 Å². The molecular weight excluding hydrogens is 296 g/mol. The molecule has 0 aliphatic heterocycles. The Morgan fingerprint density at radius 2 is 1.57 bits per heavy atom. The molecule has 0 saturated heterocycles. The fourth-order valence-corrected chi connectivity index (χ4v) is 1.88. The van der Waals surface area contributed by atoms with Crippen molar-refractivity contribution in [2.24, 2.45) is 0 Å². The summed E-state index contributed by atoms with van der Waals surface area (Å²) in [7, 11) is 1.53. The number of methoxy groups -OCH3 is 1. The summed E-state index contributed by atoms with van der Waals surface area (Å²) in [5.41, 5.74) is 0.996. The van der Waals surface area contributed by atoms with E-state index in [0.29, 0.717) is 29.5 Å². The summed E-state index contributed by atoms with van der Waals surface area (Å²) in [6.07, 6.45) is 0. The molecular formula is C17H18N2O4. The Kier molecular flexibility index (Phi) is 5.57. The lowest BCUT2D eigenvalue weighted by molar-refractivity contribution is -0.132. The van der Waals surface area contributed by atoms with Gasteiger partial charge in [-0.05, 0) is 43.3 Å². The smallest absolute Gasteiger partial charge is 0.314 e. The first-order chi connectivity index (χ1) is 11.1. The number of ether oxygens (including phenoxy) is 2. The monoisotopic (exact) mass is 314 g/mol. The SMILES string of the molecule is CCOc1ccc(NC(=O)C(=O)Nc2cccc(OC)c2)cc1. The lowest BCUT2D eigenvalue weighted by atomic mass is 10.3. The van der Waals surface area contributed by atoms with Crippen LogP contribution < -0.4 is 20.1 Å². The predicted molar refractivity (Wildman–Crippen MR) is 87.9 cm³/mol. The van der Waals surface area contributed by atoms with E-state index in [1.807, 2.05) is 6.92 Å². The fourth-order valence-electron chi connectivity index (χ4n) is 1.88. The number of carbonyl (C=O) groups excluding carboxylic acids is 2. The molecule has 0 radical (unpaired) electrons. The molecule has 2 N–H and O–H groups in total. The molecule has 0 aliphatic rings. The zero-order valence-corrected chi connectivity index (χ0v) is 13.0. The van der Waals surface area contributed by atoms with Crippen LogP contribution in [0.1, 0.15) is 6.92 Å². The van der Waals surface area contributed by atoms with Gasteiger partial charge in [-0.1, -0.05) is 6.07 Å². The van der Waals surface area contributed by atoms with Crippen LogP contribution >= 0.6 is 0 Å². The van der Waals surface area contributed by atoms with Gasteiger partial charge in [0.2, 0.25) is 0 Å². The highest BCUT2D eigenvalue weighted by molar-refractivity contribution is 6.43. The molecule has 6 heteroatoms. The van der Waals surface area contributed by atoms with Crippen LogP contribution in [0.15, 0.2) is 48.5 Å². The maximum atomic E-state index is 11.9. The zero-order chi connectivity index (χ0) is 16.7. The van der Waals surface area contributed by atoms with Crippen LogP contribution in [0, 0.1) is 0 Å². The number of benzene rings is 2. The van der Waals surface area contributed by atoms with Crippen molar-refractivity contribution in [1.29, 1.82) is 0 Å². The molecule has 0 heterocycles. The minimum atomic E-state index is -0.757. The summed E-state index contributed by atoms with van der Waals surface area (Å²) in [5, 5.41) is 5.03. The lowest BCUT2D eigenvalue weighted by Gasteiger charge is -2.08. The Morgan fingerprint density at radius 1 is 0.913 bits per heavy atom. The second-order valence-electron chi connectivity index (χ2n) is 4.60. The largest absolute Gasteiger partial charge is 0.497 e. The van der Waals surface area contributed by atoms with Crippen LogP contribution in [0.3, 0.4) is 0 Å². The summed E-state index contributed by atoms with van der Waals surface area (Å²) in [5.74, 6) is -0.217. The normalized spacial score (nSPS) is 9.83. The predicted octanol–water partition coefficient (Wildman–Crippen LogP) is 2.67. The van der Waals surface area contributed by atoms with Crippen molar-refractivity contribution in [2.45, 2.75) is 6.92 Å². The number of carbonyl (C=O) groups is 2. The molecule has 0 saturated carbocycles. The Bertz CT molecular complexity index is 683. The number of nitrogens with one attached hydrogen (secondary N) is 2. The second kappa shape index (κ2) is 7.84. The van der Waals surface area contributed by atoms with Gasteiger partial charge in [0.15, 0.2) is 0 Å². The molecule has 23 heavy (non-hydrogen) atoms. The molecule has 0 aromatic heterocycles. The van der Waals surface area contributed by atoms with Crippen molar-refractivity contribution in [1.82, 2.24) is 0 Å². The first-order valence-corrected chi connectivity index (χ1v) is 7.11. The van der Waals surface area contributed by atoms with Crippen LogP contribution in [-0.4, -0.2) is 25.5 Å². The number of rotatable bonds is 5. The highest BCUT2D eigenvalue weighted by Gasteiger charge is 2.14. The number of hydrogen-bond acceptors (Lipinski definition) is 4. The van der Waals surface area contributed by atoms with Gasteiger partial charge in [0.05, 0.1) is 13.7 Å². The zero-order valence-electron chi connectivity index (χ0n) is 13.0. The Morgan fingerprint density at radius 3 is 2.17 bits per heavy atom. The molecule has 2 rings (SSSR count). The van der Waals surface area contributed by atoms with E-state index in [-0.39, 0.29) is 0 Å². The molecule has 6 nitrogen and oxygen atoms in total. The topological polar surface area (TPSA) is 76.7 Å². The molecule has 0 unspecified atom stereocenters. The minimum absolute atomic E-state index is 0.483. The maximum Gasteiger partial charge on any atom is 0.314 e. The van der Waals surface area contributed by atoms with E-state index in [1.54, 1.807) is 48.5 Å². The third-order valence-electron chi connectivity index (χ3n) is 2.96. The van der Waals surface area contributed by atoms with E-state index in [1.165, 1.54) is 7.11 Å². The van der Waals surface area contributed by atoms with Gasteiger partial charge in [-0.3, -0.25) is 9.59 Å². The van der Waals surface area contributed by atoms with Gasteiger partial charge >= 0.3 is 11.8 Å². The van der Waals surface area contributed by atoms with Crippen LogP contribution in [0.4, 0.5) is 11.4 Å². The Balaban J connectivity index is 1.95. The standard InChI is InChI=1S/C17H18N2O4/c1-3-23-14-9-7-12(8-10-14)18-16(20)17(21)19-13-5-4-6-15(11-13)22-2/h4-11H,3H2,1-2H3,(H,18,20)(H,19,21). The van der Waals surface area contributed by atoms with Crippen molar-refractivity contribution in [2.75, 3.05) is 24.4 Å². The molecule has 2 aromatic rings. The van der Waals surface area contributed by atoms with Gasteiger partial charge in [0, 0.05) is 17.4 Å². The maximum absolute atomic E-state index is 11.9. The molecule has 2 amide bonds. The minimum Gasteiger partial charge on any atom is -0.497 e. The van der Waals surface area contributed by atoms with Gasteiger partial charge in [-0.15, -0.1) is 0 Å². The van der Waals surface area contributed by atoms with E-state index in [0.717, 1.165) is 0 Å². The molecule has 0 spiro atoms. The first-order valence-electron chi connectivity index (χ1n) is 7.11. The Labute approximate surface area is 134 Å². The molecule has 120 valence electrons.